The van der Waals surface area contributed by atoms with Gasteiger partial charge in [0, 0.05) is 6.42 Å². The zero-order valence-corrected chi connectivity index (χ0v) is 14.3. The number of hydrogen-bond acceptors (Lipinski definition) is 2. The maximum absolute atomic E-state index is 13.7. The van der Waals surface area contributed by atoms with Gasteiger partial charge in [-0.2, -0.15) is 0 Å². The van der Waals surface area contributed by atoms with E-state index in [4.69, 9.17) is 4.98 Å². The Balaban J connectivity index is 2.10. The Morgan fingerprint density at radius 2 is 1.73 bits per heavy atom. The fourth-order valence-corrected chi connectivity index (χ4v) is 3.25. The number of fused-ring (bicyclic) bond motifs is 1. The molecule has 0 aliphatic carbocycles. The number of aromatic nitrogens is 2. The quantitative estimate of drug-likeness (QED) is 0.537. The van der Waals surface area contributed by atoms with Crippen molar-refractivity contribution in [3.8, 4) is 16.8 Å². The average molecular weight is 344 g/mol. The van der Waals surface area contributed by atoms with Gasteiger partial charge in [-0.3, -0.25) is 9.36 Å². The number of para-hydroxylation sites is 1. The first-order valence-corrected chi connectivity index (χ1v) is 8.55. The summed E-state index contributed by atoms with van der Waals surface area (Å²) in [6, 6.07) is 21.3. The molecule has 3 aromatic carbocycles. The molecule has 1 heterocycles. The van der Waals surface area contributed by atoms with Gasteiger partial charge in [0.05, 0.1) is 16.6 Å². The summed E-state index contributed by atoms with van der Waals surface area (Å²) in [5.41, 5.74) is 2.61. The molecular weight excluding hydrogens is 327 g/mol. The van der Waals surface area contributed by atoms with Crippen LogP contribution in [0.1, 0.15) is 12.7 Å². The largest absolute Gasteiger partial charge is 0.268 e. The van der Waals surface area contributed by atoms with Crippen molar-refractivity contribution in [3.05, 3.63) is 94.8 Å². The number of benzene rings is 3. The summed E-state index contributed by atoms with van der Waals surface area (Å²) in [5.74, 6) is 0.367. The third kappa shape index (κ3) is 2.69. The van der Waals surface area contributed by atoms with Crippen LogP contribution in [-0.2, 0) is 6.42 Å². The molecule has 4 rings (SSSR count). The molecule has 128 valence electrons. The van der Waals surface area contributed by atoms with Gasteiger partial charge in [-0.1, -0.05) is 49.4 Å². The van der Waals surface area contributed by atoms with Crippen LogP contribution < -0.4 is 5.56 Å². The predicted molar refractivity (Wildman–Crippen MR) is 102 cm³/mol. The summed E-state index contributed by atoms with van der Waals surface area (Å²) in [4.78, 5) is 18.1. The maximum atomic E-state index is 13.7. The number of rotatable bonds is 3. The van der Waals surface area contributed by atoms with Crippen LogP contribution in [0.15, 0.2) is 77.6 Å². The van der Waals surface area contributed by atoms with Gasteiger partial charge in [0.15, 0.2) is 0 Å². The summed E-state index contributed by atoms with van der Waals surface area (Å²) >= 11 is 0. The van der Waals surface area contributed by atoms with Crippen LogP contribution in [0.3, 0.4) is 0 Å². The Labute approximate surface area is 150 Å². The van der Waals surface area contributed by atoms with E-state index in [-0.39, 0.29) is 11.4 Å². The summed E-state index contributed by atoms with van der Waals surface area (Å²) < 4.78 is 15.4. The molecule has 0 aliphatic heterocycles. The minimum Gasteiger partial charge on any atom is -0.268 e. The van der Waals surface area contributed by atoms with Crippen LogP contribution in [0.5, 0.6) is 0 Å². The highest BCUT2D eigenvalue weighted by Crippen LogP contribution is 2.27. The smallest absolute Gasteiger partial charge is 0.266 e. The van der Waals surface area contributed by atoms with Gasteiger partial charge < -0.3 is 0 Å². The summed E-state index contributed by atoms with van der Waals surface area (Å²) in [7, 11) is 0. The second kappa shape index (κ2) is 6.56. The van der Waals surface area contributed by atoms with Crippen LogP contribution in [0.25, 0.3) is 27.7 Å². The molecule has 0 saturated heterocycles. The summed E-state index contributed by atoms with van der Waals surface area (Å²) in [6.45, 7) is 1.98. The Bertz CT molecular complexity index is 1150. The normalized spacial score (nSPS) is 11.0. The van der Waals surface area contributed by atoms with Crippen LogP contribution in [0.4, 0.5) is 4.39 Å². The van der Waals surface area contributed by atoms with Crippen LogP contribution in [-0.4, -0.2) is 9.55 Å². The number of hydrogen-bond donors (Lipinski definition) is 0. The molecular formula is C22H17FN2O. The minimum atomic E-state index is -0.332. The third-order valence-corrected chi connectivity index (χ3v) is 4.43. The van der Waals surface area contributed by atoms with Crippen molar-refractivity contribution in [3.63, 3.8) is 0 Å². The van der Waals surface area contributed by atoms with Gasteiger partial charge in [0.2, 0.25) is 0 Å². The maximum Gasteiger partial charge on any atom is 0.266 e. The van der Waals surface area contributed by atoms with Gasteiger partial charge in [0.25, 0.3) is 5.56 Å². The molecule has 0 atom stereocenters. The second-order valence-corrected chi connectivity index (χ2v) is 6.07. The topological polar surface area (TPSA) is 34.9 Å². The van der Waals surface area contributed by atoms with E-state index in [0.29, 0.717) is 34.3 Å². The number of nitrogens with zero attached hydrogens (tertiary/aromatic N) is 2. The molecule has 0 unspecified atom stereocenters. The first-order valence-electron chi connectivity index (χ1n) is 8.55. The van der Waals surface area contributed by atoms with Crippen molar-refractivity contribution >= 4 is 10.9 Å². The molecule has 4 heteroatoms. The minimum absolute atomic E-state index is 0.141. The molecule has 3 nitrogen and oxygen atoms in total. The van der Waals surface area contributed by atoms with Crippen molar-refractivity contribution in [1.29, 1.82) is 0 Å². The molecule has 0 N–H and O–H groups in total. The third-order valence-electron chi connectivity index (χ3n) is 4.43. The Morgan fingerprint density at radius 3 is 2.46 bits per heavy atom. The lowest BCUT2D eigenvalue weighted by Gasteiger charge is -2.14. The van der Waals surface area contributed by atoms with Crippen molar-refractivity contribution in [2.24, 2.45) is 0 Å². The molecule has 26 heavy (non-hydrogen) atoms. The second-order valence-electron chi connectivity index (χ2n) is 6.07. The van der Waals surface area contributed by atoms with E-state index in [1.807, 2.05) is 55.5 Å². The van der Waals surface area contributed by atoms with E-state index >= 15 is 0 Å². The fourth-order valence-electron chi connectivity index (χ4n) is 3.25. The monoisotopic (exact) mass is 344 g/mol. The number of aryl methyl sites for hydroxylation is 1. The Morgan fingerprint density at radius 1 is 0.962 bits per heavy atom. The first kappa shape index (κ1) is 16.2. The molecule has 0 spiro atoms. The first-order chi connectivity index (χ1) is 12.7. The SMILES string of the molecule is CCc1nc2cccc(-c3cccc(F)c3)c2c(=O)n1-c1ccccc1. The van der Waals surface area contributed by atoms with Crippen molar-refractivity contribution < 1.29 is 4.39 Å². The van der Waals surface area contributed by atoms with Crippen molar-refractivity contribution in [1.82, 2.24) is 9.55 Å². The predicted octanol–water partition coefficient (Wildman–Crippen LogP) is 4.75. The zero-order chi connectivity index (χ0) is 18.1. The lowest BCUT2D eigenvalue weighted by atomic mass is 10.0. The van der Waals surface area contributed by atoms with Gasteiger partial charge in [-0.25, -0.2) is 9.37 Å². The lowest BCUT2D eigenvalue weighted by molar-refractivity contribution is 0.628. The molecule has 0 amide bonds. The Kier molecular flexibility index (Phi) is 4.09. The highest BCUT2D eigenvalue weighted by atomic mass is 19.1. The molecule has 0 bridgehead atoms. The van der Waals surface area contributed by atoms with Crippen LogP contribution in [0.2, 0.25) is 0 Å². The van der Waals surface area contributed by atoms with Gasteiger partial charge >= 0.3 is 0 Å². The van der Waals surface area contributed by atoms with Crippen molar-refractivity contribution in [2.45, 2.75) is 13.3 Å². The van der Waals surface area contributed by atoms with Gasteiger partial charge in [-0.15, -0.1) is 0 Å². The van der Waals surface area contributed by atoms with Crippen molar-refractivity contribution in [2.75, 3.05) is 0 Å². The van der Waals surface area contributed by atoms with E-state index < -0.39 is 0 Å². The fraction of sp³-hybridized carbons (Fsp3) is 0.0909. The molecule has 4 aromatic rings. The lowest BCUT2D eigenvalue weighted by Crippen LogP contribution is -2.24. The average Bonchev–Trinajstić information content (AvgIpc) is 2.68. The van der Waals surface area contributed by atoms with E-state index in [2.05, 4.69) is 0 Å². The number of halogens is 1. The summed E-state index contributed by atoms with van der Waals surface area (Å²) in [6.07, 6.45) is 0.629. The highest BCUT2D eigenvalue weighted by Gasteiger charge is 2.15. The zero-order valence-electron chi connectivity index (χ0n) is 14.3. The molecule has 0 fully saturated rings. The van der Waals surface area contributed by atoms with Crippen LogP contribution in [0, 0.1) is 5.82 Å². The summed E-state index contributed by atoms with van der Waals surface area (Å²) in [5, 5.41) is 0.499. The Hall–Kier alpha value is -3.27. The van der Waals surface area contributed by atoms with E-state index in [1.54, 1.807) is 16.7 Å². The van der Waals surface area contributed by atoms with E-state index in [9.17, 15) is 9.18 Å². The highest BCUT2D eigenvalue weighted by molar-refractivity contribution is 5.94. The van der Waals surface area contributed by atoms with Crippen LogP contribution >= 0.6 is 0 Å². The van der Waals surface area contributed by atoms with Gasteiger partial charge in [0.1, 0.15) is 11.6 Å². The van der Waals surface area contributed by atoms with E-state index in [0.717, 1.165) is 5.69 Å². The van der Waals surface area contributed by atoms with E-state index in [1.165, 1.54) is 12.1 Å². The molecule has 0 radical (unpaired) electrons. The standard InChI is InChI=1S/C22H17FN2O/c1-2-20-24-19-13-7-12-18(15-8-6-9-16(23)14-15)21(19)22(26)25(20)17-10-4-3-5-11-17/h3-14H,2H2,1H3. The molecule has 1 aromatic heterocycles. The molecule has 0 aliphatic rings. The molecule has 0 saturated carbocycles. The van der Waals surface area contributed by atoms with Gasteiger partial charge in [-0.05, 0) is 41.5 Å².